The maximum atomic E-state index is 5.76. The van der Waals surface area contributed by atoms with Crippen LogP contribution in [0.1, 0.15) is 17.2 Å². The summed E-state index contributed by atoms with van der Waals surface area (Å²) in [4.78, 5) is 13.1. The number of ether oxygens (including phenoxy) is 2. The van der Waals surface area contributed by atoms with Gasteiger partial charge in [0.25, 0.3) is 0 Å². The average molecular weight is 359 g/mol. The van der Waals surface area contributed by atoms with E-state index < -0.39 is 0 Å². The highest BCUT2D eigenvalue weighted by Gasteiger charge is 2.12. The highest BCUT2D eigenvalue weighted by atomic mass is 32.2. The summed E-state index contributed by atoms with van der Waals surface area (Å²) in [5.41, 5.74) is 1.63. The molecule has 0 fully saturated rings. The number of tetrazole rings is 1. The van der Waals surface area contributed by atoms with Crippen molar-refractivity contribution < 1.29 is 9.47 Å². The fourth-order valence-electron chi connectivity index (χ4n) is 2.10. The molecule has 0 aliphatic heterocycles. The Labute approximate surface area is 148 Å². The van der Waals surface area contributed by atoms with Crippen LogP contribution in [0.15, 0.2) is 29.4 Å². The van der Waals surface area contributed by atoms with Crippen molar-refractivity contribution in [3.8, 4) is 11.7 Å². The second-order valence-electron chi connectivity index (χ2n) is 5.05. The fourth-order valence-corrected chi connectivity index (χ4v) is 2.48. The largest absolute Gasteiger partial charge is 0.469 e. The van der Waals surface area contributed by atoms with Crippen molar-refractivity contribution >= 4 is 11.8 Å². The number of thioether (sulfide) groups is 1. The van der Waals surface area contributed by atoms with Gasteiger partial charge in [0.15, 0.2) is 23.4 Å². The molecule has 0 unspecified atom stereocenters. The number of rotatable bonds is 7. The van der Waals surface area contributed by atoms with Crippen LogP contribution in [-0.2, 0) is 18.0 Å². The van der Waals surface area contributed by atoms with Gasteiger partial charge in [0.2, 0.25) is 5.88 Å². The zero-order chi connectivity index (χ0) is 17.6. The van der Waals surface area contributed by atoms with Crippen molar-refractivity contribution in [2.24, 2.45) is 0 Å². The summed E-state index contributed by atoms with van der Waals surface area (Å²) in [6, 6.07) is 7.38. The first-order chi connectivity index (χ1) is 12.2. The normalized spacial score (nSPS) is 10.8. The quantitative estimate of drug-likeness (QED) is 0.460. The van der Waals surface area contributed by atoms with Gasteiger partial charge in [-0.1, -0.05) is 17.8 Å². The van der Waals surface area contributed by atoms with Gasteiger partial charge in [0.1, 0.15) is 0 Å². The van der Waals surface area contributed by atoms with Gasteiger partial charge >= 0.3 is 0 Å². The smallest absolute Gasteiger partial charge is 0.218 e. The van der Waals surface area contributed by atoms with Crippen LogP contribution in [0.5, 0.6) is 5.88 Å². The molecule has 0 amide bonds. The number of aryl methyl sites for hydroxylation is 1. The number of aromatic nitrogens is 7. The van der Waals surface area contributed by atoms with Gasteiger partial charge in [0.05, 0.1) is 12.3 Å². The highest BCUT2D eigenvalue weighted by Crippen LogP contribution is 2.17. The van der Waals surface area contributed by atoms with Crippen LogP contribution < -0.4 is 4.74 Å². The Bertz CT molecular complexity index is 855. The van der Waals surface area contributed by atoms with Crippen LogP contribution in [0, 0.1) is 6.92 Å². The molecule has 3 rings (SSSR count). The molecule has 0 aliphatic rings. The summed E-state index contributed by atoms with van der Waals surface area (Å²) < 4.78 is 12.4. The lowest BCUT2D eigenvalue weighted by atomic mass is 10.4. The predicted octanol–water partition coefficient (Wildman–Crippen LogP) is 1.60. The monoisotopic (exact) mass is 359 g/mol. The molecule has 25 heavy (non-hydrogen) atoms. The third-order valence-corrected chi connectivity index (χ3v) is 3.73. The van der Waals surface area contributed by atoms with Gasteiger partial charge in [-0.25, -0.2) is 9.97 Å². The molecular weight excluding hydrogens is 342 g/mol. The molecule has 9 nitrogen and oxygen atoms in total. The van der Waals surface area contributed by atoms with E-state index in [1.54, 1.807) is 17.9 Å². The number of hydrogen-bond acceptors (Lipinski definition) is 9. The van der Waals surface area contributed by atoms with E-state index in [2.05, 4.69) is 30.5 Å². The first-order valence-corrected chi connectivity index (χ1v) is 8.67. The standard InChI is InChI=1S/C15H17N7O2S/c1-10-5-4-6-12(16-10)22-13(19-20-21-22)9-24-14-7-11(8-23-2)17-15(18-14)25-3/h4-7H,8-9H2,1-3H3. The molecule has 0 radical (unpaired) electrons. The summed E-state index contributed by atoms with van der Waals surface area (Å²) in [5, 5.41) is 12.3. The zero-order valence-electron chi connectivity index (χ0n) is 14.1. The predicted molar refractivity (Wildman–Crippen MR) is 90.5 cm³/mol. The second-order valence-corrected chi connectivity index (χ2v) is 5.82. The van der Waals surface area contributed by atoms with Gasteiger partial charge in [-0.05, 0) is 35.7 Å². The van der Waals surface area contributed by atoms with E-state index in [9.17, 15) is 0 Å². The Morgan fingerprint density at radius 3 is 2.80 bits per heavy atom. The first kappa shape index (κ1) is 17.2. The van der Waals surface area contributed by atoms with E-state index >= 15 is 0 Å². The second kappa shape index (κ2) is 7.99. The van der Waals surface area contributed by atoms with Gasteiger partial charge in [-0.15, -0.1) is 5.10 Å². The minimum Gasteiger partial charge on any atom is -0.469 e. The molecule has 0 aromatic carbocycles. The Hall–Kier alpha value is -2.59. The number of methoxy groups -OCH3 is 1. The van der Waals surface area contributed by atoms with Crippen molar-refractivity contribution in [3.63, 3.8) is 0 Å². The van der Waals surface area contributed by atoms with Crippen LogP contribution >= 0.6 is 11.8 Å². The molecule has 0 atom stereocenters. The topological polar surface area (TPSA) is 101 Å². The summed E-state index contributed by atoms with van der Waals surface area (Å²) in [7, 11) is 1.62. The molecule has 0 aliphatic carbocycles. The minimum atomic E-state index is 0.153. The number of hydrogen-bond donors (Lipinski definition) is 0. The molecule has 0 saturated heterocycles. The fraction of sp³-hybridized carbons (Fsp3) is 0.333. The Balaban J connectivity index is 1.79. The van der Waals surface area contributed by atoms with Crippen LogP contribution in [0.25, 0.3) is 5.82 Å². The number of pyridine rings is 1. The van der Waals surface area contributed by atoms with Gasteiger partial charge in [-0.2, -0.15) is 9.67 Å². The van der Waals surface area contributed by atoms with E-state index in [0.717, 1.165) is 11.4 Å². The molecule has 0 spiro atoms. The van der Waals surface area contributed by atoms with Crippen LogP contribution in [-0.4, -0.2) is 48.5 Å². The number of nitrogens with zero attached hydrogens (tertiary/aromatic N) is 7. The van der Waals surface area contributed by atoms with Crippen LogP contribution in [0.2, 0.25) is 0 Å². The van der Waals surface area contributed by atoms with Crippen molar-refractivity contribution in [1.82, 2.24) is 35.2 Å². The lowest BCUT2D eigenvalue weighted by Gasteiger charge is -2.08. The van der Waals surface area contributed by atoms with Gasteiger partial charge in [-0.3, -0.25) is 0 Å². The lowest BCUT2D eigenvalue weighted by molar-refractivity contribution is 0.179. The van der Waals surface area contributed by atoms with E-state index in [1.807, 2.05) is 31.4 Å². The Morgan fingerprint density at radius 2 is 2.04 bits per heavy atom. The highest BCUT2D eigenvalue weighted by molar-refractivity contribution is 7.98. The third-order valence-electron chi connectivity index (χ3n) is 3.18. The first-order valence-electron chi connectivity index (χ1n) is 7.44. The van der Waals surface area contributed by atoms with E-state index in [4.69, 9.17) is 9.47 Å². The molecule has 3 aromatic heterocycles. The van der Waals surface area contributed by atoms with Crippen molar-refractivity contribution in [3.05, 3.63) is 41.5 Å². The molecule has 130 valence electrons. The molecular formula is C15H17N7O2S. The molecule has 0 bridgehead atoms. The Morgan fingerprint density at radius 1 is 1.16 bits per heavy atom. The molecule has 3 heterocycles. The summed E-state index contributed by atoms with van der Waals surface area (Å²) in [6.07, 6.45) is 1.90. The maximum absolute atomic E-state index is 5.76. The summed E-state index contributed by atoms with van der Waals surface area (Å²) in [5.74, 6) is 1.60. The van der Waals surface area contributed by atoms with E-state index in [0.29, 0.717) is 29.3 Å². The molecule has 3 aromatic rings. The van der Waals surface area contributed by atoms with Crippen LogP contribution in [0.3, 0.4) is 0 Å². The summed E-state index contributed by atoms with van der Waals surface area (Å²) >= 11 is 1.43. The molecule has 0 N–H and O–H groups in total. The van der Waals surface area contributed by atoms with Crippen molar-refractivity contribution in [1.29, 1.82) is 0 Å². The molecule has 0 saturated carbocycles. The van der Waals surface area contributed by atoms with Crippen LogP contribution in [0.4, 0.5) is 0 Å². The lowest BCUT2D eigenvalue weighted by Crippen LogP contribution is -2.10. The van der Waals surface area contributed by atoms with Gasteiger partial charge in [0, 0.05) is 18.9 Å². The summed E-state index contributed by atoms with van der Waals surface area (Å²) in [6.45, 7) is 2.45. The minimum absolute atomic E-state index is 0.153. The van der Waals surface area contributed by atoms with Gasteiger partial charge < -0.3 is 9.47 Å². The average Bonchev–Trinajstić information content (AvgIpc) is 3.08. The van der Waals surface area contributed by atoms with Crippen molar-refractivity contribution in [2.45, 2.75) is 25.3 Å². The van der Waals surface area contributed by atoms with Crippen molar-refractivity contribution in [2.75, 3.05) is 13.4 Å². The Kier molecular flexibility index (Phi) is 5.51. The zero-order valence-corrected chi connectivity index (χ0v) is 14.9. The SMILES string of the molecule is COCc1cc(OCc2nnnn2-c2cccc(C)n2)nc(SC)n1. The van der Waals surface area contributed by atoms with E-state index in [1.165, 1.54) is 11.8 Å². The maximum Gasteiger partial charge on any atom is 0.218 e. The molecule has 10 heteroatoms. The third kappa shape index (κ3) is 4.28. The van der Waals surface area contributed by atoms with E-state index in [-0.39, 0.29) is 6.61 Å².